The lowest BCUT2D eigenvalue weighted by atomic mass is 10.4. The first-order valence-corrected chi connectivity index (χ1v) is 6.66. The summed E-state index contributed by atoms with van der Waals surface area (Å²) < 4.78 is 7.10. The third-order valence-corrected chi connectivity index (χ3v) is 2.54. The second-order valence-electron chi connectivity index (χ2n) is 4.25. The second kappa shape index (κ2) is 6.85. The molecule has 20 heavy (non-hydrogen) atoms. The highest BCUT2D eigenvalue weighted by atomic mass is 16.5. The van der Waals surface area contributed by atoms with E-state index in [1.165, 1.54) is 0 Å². The Bertz CT molecular complexity index is 554. The molecule has 0 spiro atoms. The molecule has 0 aromatic carbocycles. The van der Waals surface area contributed by atoms with Crippen LogP contribution in [0.25, 0.3) is 0 Å². The van der Waals surface area contributed by atoms with E-state index in [4.69, 9.17) is 4.74 Å². The average molecular weight is 276 g/mol. The summed E-state index contributed by atoms with van der Waals surface area (Å²) in [5.74, 6) is 2.15. The molecule has 2 N–H and O–H groups in total. The molecule has 0 atom stereocenters. The minimum absolute atomic E-state index is 0.400. The van der Waals surface area contributed by atoms with Gasteiger partial charge in [0.05, 0.1) is 11.9 Å². The minimum Gasteiger partial charge on any atom is -0.374 e. The van der Waals surface area contributed by atoms with Crippen LogP contribution in [0.4, 0.5) is 17.3 Å². The highest BCUT2D eigenvalue weighted by Gasteiger charge is 2.06. The summed E-state index contributed by atoms with van der Waals surface area (Å²) in [5, 5.41) is 10.5. The first-order chi connectivity index (χ1) is 9.71. The zero-order valence-electron chi connectivity index (χ0n) is 12.1. The summed E-state index contributed by atoms with van der Waals surface area (Å²) in [6, 6.07) is 1.87. The van der Waals surface area contributed by atoms with Crippen LogP contribution in [0.15, 0.2) is 18.5 Å². The molecular formula is C13H20N6O. The van der Waals surface area contributed by atoms with Crippen molar-refractivity contribution in [3.63, 3.8) is 0 Å². The molecular weight excluding hydrogens is 256 g/mol. The van der Waals surface area contributed by atoms with Gasteiger partial charge in [-0.25, -0.2) is 9.97 Å². The van der Waals surface area contributed by atoms with Gasteiger partial charge < -0.3 is 15.4 Å². The Hall–Kier alpha value is -2.15. The normalized spacial score (nSPS) is 10.6. The number of nitrogens with zero attached hydrogens (tertiary/aromatic N) is 4. The van der Waals surface area contributed by atoms with Crippen LogP contribution in [0.3, 0.4) is 0 Å². The lowest BCUT2D eigenvalue weighted by molar-refractivity contribution is 0.128. The molecule has 2 aromatic heterocycles. The molecule has 2 rings (SSSR count). The van der Waals surface area contributed by atoms with E-state index in [2.05, 4.69) is 25.7 Å². The van der Waals surface area contributed by atoms with Gasteiger partial charge in [-0.05, 0) is 13.8 Å². The number of rotatable bonds is 7. The van der Waals surface area contributed by atoms with Crippen molar-refractivity contribution in [2.45, 2.75) is 20.5 Å². The quantitative estimate of drug-likeness (QED) is 0.804. The number of hydrogen-bond donors (Lipinski definition) is 2. The highest BCUT2D eigenvalue weighted by molar-refractivity contribution is 5.57. The van der Waals surface area contributed by atoms with Gasteiger partial charge in [-0.15, -0.1) is 0 Å². The molecule has 0 aliphatic heterocycles. The van der Waals surface area contributed by atoms with Gasteiger partial charge in [0.2, 0.25) is 0 Å². The molecule has 0 amide bonds. The molecule has 0 fully saturated rings. The van der Waals surface area contributed by atoms with Crippen LogP contribution in [-0.4, -0.2) is 32.9 Å². The van der Waals surface area contributed by atoms with Crippen molar-refractivity contribution in [1.29, 1.82) is 0 Å². The fourth-order valence-electron chi connectivity index (χ4n) is 1.72. The van der Waals surface area contributed by atoms with Crippen LogP contribution < -0.4 is 10.6 Å². The first-order valence-electron chi connectivity index (χ1n) is 6.66. The van der Waals surface area contributed by atoms with Gasteiger partial charge in [-0.1, -0.05) is 0 Å². The van der Waals surface area contributed by atoms with Gasteiger partial charge in [0.15, 0.2) is 5.82 Å². The third-order valence-electron chi connectivity index (χ3n) is 2.54. The summed E-state index contributed by atoms with van der Waals surface area (Å²) in [5.41, 5.74) is 0.885. The maximum absolute atomic E-state index is 5.36. The van der Waals surface area contributed by atoms with Gasteiger partial charge in [-0.3, -0.25) is 4.68 Å². The molecule has 0 radical (unpaired) electrons. The molecule has 0 unspecified atom stereocenters. The fraction of sp³-hybridized carbons (Fsp3) is 0.462. The fourth-order valence-corrected chi connectivity index (χ4v) is 1.72. The van der Waals surface area contributed by atoms with Gasteiger partial charge in [0, 0.05) is 32.5 Å². The zero-order chi connectivity index (χ0) is 14.4. The predicted molar refractivity (Wildman–Crippen MR) is 78.0 cm³/mol. The molecule has 0 saturated carbocycles. The lowest BCUT2D eigenvalue weighted by Crippen LogP contribution is -2.07. The van der Waals surface area contributed by atoms with E-state index in [1.807, 2.05) is 33.2 Å². The van der Waals surface area contributed by atoms with E-state index in [0.717, 1.165) is 23.9 Å². The topological polar surface area (TPSA) is 76.9 Å². The maximum Gasteiger partial charge on any atom is 0.158 e. The molecule has 108 valence electrons. The Morgan fingerprint density at radius 2 is 2.05 bits per heavy atom. The third kappa shape index (κ3) is 3.92. The Morgan fingerprint density at radius 1 is 1.25 bits per heavy atom. The van der Waals surface area contributed by atoms with Gasteiger partial charge in [-0.2, -0.15) is 5.10 Å². The summed E-state index contributed by atoms with van der Waals surface area (Å²) in [6.07, 6.45) is 3.63. The van der Waals surface area contributed by atoms with E-state index in [0.29, 0.717) is 19.0 Å². The monoisotopic (exact) mass is 276 g/mol. The summed E-state index contributed by atoms with van der Waals surface area (Å²) in [6.45, 7) is 5.82. The molecule has 2 heterocycles. The van der Waals surface area contributed by atoms with Crippen LogP contribution >= 0.6 is 0 Å². The Kier molecular flexibility index (Phi) is 4.89. The number of anilines is 3. The average Bonchev–Trinajstić information content (AvgIpc) is 2.82. The van der Waals surface area contributed by atoms with Crippen LogP contribution in [0.5, 0.6) is 0 Å². The van der Waals surface area contributed by atoms with Crippen molar-refractivity contribution in [3.8, 4) is 0 Å². The van der Waals surface area contributed by atoms with Crippen molar-refractivity contribution < 1.29 is 4.74 Å². The Morgan fingerprint density at radius 3 is 2.70 bits per heavy atom. The van der Waals surface area contributed by atoms with E-state index in [-0.39, 0.29) is 0 Å². The standard InChI is InChI=1S/C13H20N6O/c1-4-14-11-6-12(16-10-7-15-19(3)8-10)18-13(17-11)9-20-5-2/h6-8H,4-5,9H2,1-3H3,(H2,14,16,17,18). The molecule has 0 bridgehead atoms. The molecule has 2 aromatic rings. The zero-order valence-corrected chi connectivity index (χ0v) is 12.1. The molecule has 0 aliphatic rings. The number of aryl methyl sites for hydroxylation is 1. The van der Waals surface area contributed by atoms with Crippen LogP contribution in [0.2, 0.25) is 0 Å². The van der Waals surface area contributed by atoms with Crippen molar-refractivity contribution in [3.05, 3.63) is 24.3 Å². The minimum atomic E-state index is 0.400. The van der Waals surface area contributed by atoms with Gasteiger partial charge >= 0.3 is 0 Å². The SMILES string of the molecule is CCNc1cc(Nc2cnn(C)c2)nc(COCC)n1. The van der Waals surface area contributed by atoms with Gasteiger partial charge in [0.25, 0.3) is 0 Å². The molecule has 7 nitrogen and oxygen atoms in total. The molecule has 0 aliphatic carbocycles. The smallest absolute Gasteiger partial charge is 0.158 e. The number of ether oxygens (including phenoxy) is 1. The summed E-state index contributed by atoms with van der Waals surface area (Å²) in [7, 11) is 1.87. The summed E-state index contributed by atoms with van der Waals surface area (Å²) in [4.78, 5) is 8.83. The van der Waals surface area contributed by atoms with Crippen LogP contribution in [0, 0.1) is 0 Å². The summed E-state index contributed by atoms with van der Waals surface area (Å²) >= 11 is 0. The van der Waals surface area contributed by atoms with Gasteiger partial charge in [0.1, 0.15) is 18.2 Å². The first kappa shape index (κ1) is 14.3. The van der Waals surface area contributed by atoms with Crippen molar-refractivity contribution in [1.82, 2.24) is 19.7 Å². The van der Waals surface area contributed by atoms with E-state index < -0.39 is 0 Å². The second-order valence-corrected chi connectivity index (χ2v) is 4.25. The largest absolute Gasteiger partial charge is 0.374 e. The maximum atomic E-state index is 5.36. The van der Waals surface area contributed by atoms with Crippen molar-refractivity contribution in [2.75, 3.05) is 23.8 Å². The van der Waals surface area contributed by atoms with Crippen LogP contribution in [0.1, 0.15) is 19.7 Å². The van der Waals surface area contributed by atoms with Crippen molar-refractivity contribution in [2.24, 2.45) is 7.05 Å². The van der Waals surface area contributed by atoms with Crippen LogP contribution in [-0.2, 0) is 18.4 Å². The predicted octanol–water partition coefficient (Wildman–Crippen LogP) is 1.92. The van der Waals surface area contributed by atoms with E-state index >= 15 is 0 Å². The number of hydrogen-bond acceptors (Lipinski definition) is 6. The number of aromatic nitrogens is 4. The molecule has 0 saturated heterocycles. The Labute approximate surface area is 118 Å². The highest BCUT2D eigenvalue weighted by Crippen LogP contribution is 2.17. The number of nitrogens with one attached hydrogen (secondary N) is 2. The van der Waals surface area contributed by atoms with E-state index in [9.17, 15) is 0 Å². The van der Waals surface area contributed by atoms with E-state index in [1.54, 1.807) is 10.9 Å². The lowest BCUT2D eigenvalue weighted by Gasteiger charge is -2.09. The Balaban J connectivity index is 2.18. The van der Waals surface area contributed by atoms with Crippen molar-refractivity contribution >= 4 is 17.3 Å². The molecule has 7 heteroatoms.